The van der Waals surface area contributed by atoms with Crippen LogP contribution in [0.25, 0.3) is 0 Å². The van der Waals surface area contributed by atoms with Crippen LogP contribution in [0.1, 0.15) is 60.9 Å². The number of likely N-dealkylation sites (tertiary alicyclic amines) is 1. The predicted molar refractivity (Wildman–Crippen MR) is 92.3 cm³/mol. The summed E-state index contributed by atoms with van der Waals surface area (Å²) >= 11 is 0. The van der Waals surface area contributed by atoms with E-state index in [9.17, 15) is 4.79 Å². The molecule has 0 aromatic heterocycles. The number of nitrogens with one attached hydrogen (secondary N) is 1. The zero-order chi connectivity index (χ0) is 15.6. The molecule has 1 aromatic rings. The molecule has 1 aromatic carbocycles. The van der Waals surface area contributed by atoms with Crippen molar-refractivity contribution in [2.75, 3.05) is 13.1 Å². The molecule has 2 aliphatic carbocycles. The van der Waals surface area contributed by atoms with Gasteiger partial charge in [0.1, 0.15) is 0 Å². The quantitative estimate of drug-likeness (QED) is 0.921. The fourth-order valence-corrected chi connectivity index (χ4v) is 4.81. The van der Waals surface area contributed by atoms with Gasteiger partial charge in [0.25, 0.3) is 5.91 Å². The summed E-state index contributed by atoms with van der Waals surface area (Å²) in [6.45, 7) is 3.45. The minimum Gasteiger partial charge on any atom is -0.349 e. The van der Waals surface area contributed by atoms with Crippen LogP contribution in [-0.2, 0) is 6.54 Å². The number of hydrogen-bond donors (Lipinski definition) is 1. The number of hydrogen-bond acceptors (Lipinski definition) is 2. The molecule has 4 rings (SSSR count). The first-order chi connectivity index (χ1) is 11.3. The van der Waals surface area contributed by atoms with Gasteiger partial charge in [0.15, 0.2) is 0 Å². The Morgan fingerprint density at radius 1 is 1.04 bits per heavy atom. The van der Waals surface area contributed by atoms with Gasteiger partial charge in [0.2, 0.25) is 0 Å². The van der Waals surface area contributed by atoms with Crippen LogP contribution in [0, 0.1) is 11.8 Å². The van der Waals surface area contributed by atoms with Crippen LogP contribution < -0.4 is 5.32 Å². The van der Waals surface area contributed by atoms with Gasteiger partial charge in [-0.1, -0.05) is 25.0 Å². The fraction of sp³-hybridized carbons (Fsp3) is 0.650. The lowest BCUT2D eigenvalue weighted by Crippen LogP contribution is -2.38. The van der Waals surface area contributed by atoms with Crippen LogP contribution in [0.15, 0.2) is 24.3 Å². The van der Waals surface area contributed by atoms with E-state index in [-0.39, 0.29) is 5.91 Å². The maximum Gasteiger partial charge on any atom is 0.251 e. The summed E-state index contributed by atoms with van der Waals surface area (Å²) in [6, 6.07) is 8.69. The van der Waals surface area contributed by atoms with Crippen molar-refractivity contribution < 1.29 is 4.79 Å². The second-order valence-electron chi connectivity index (χ2n) is 7.79. The molecule has 23 heavy (non-hydrogen) atoms. The Labute approximate surface area is 139 Å². The maximum atomic E-state index is 12.5. The summed E-state index contributed by atoms with van der Waals surface area (Å²) in [5.41, 5.74) is 2.14. The Morgan fingerprint density at radius 2 is 1.83 bits per heavy atom. The molecule has 0 spiro atoms. The lowest BCUT2D eigenvalue weighted by molar-refractivity contribution is 0.0923. The van der Waals surface area contributed by atoms with Crippen LogP contribution >= 0.6 is 0 Å². The van der Waals surface area contributed by atoms with Crippen LogP contribution in [0.4, 0.5) is 0 Å². The van der Waals surface area contributed by atoms with E-state index in [2.05, 4.69) is 22.3 Å². The highest BCUT2D eigenvalue weighted by atomic mass is 16.1. The molecular formula is C20H28N2O. The highest BCUT2D eigenvalue weighted by molar-refractivity contribution is 5.94. The van der Waals surface area contributed by atoms with E-state index < -0.39 is 0 Å². The molecule has 1 N–H and O–H groups in total. The Kier molecular flexibility index (Phi) is 4.39. The molecule has 0 radical (unpaired) electrons. The molecule has 124 valence electrons. The second-order valence-corrected chi connectivity index (χ2v) is 7.79. The number of carbonyl (C=O) groups excluding carboxylic acids is 1. The van der Waals surface area contributed by atoms with Gasteiger partial charge >= 0.3 is 0 Å². The molecule has 3 aliphatic rings. The van der Waals surface area contributed by atoms with Crippen molar-refractivity contribution in [3.63, 3.8) is 0 Å². The van der Waals surface area contributed by atoms with E-state index in [4.69, 9.17) is 0 Å². The summed E-state index contributed by atoms with van der Waals surface area (Å²) in [4.78, 5) is 15.0. The fourth-order valence-electron chi connectivity index (χ4n) is 4.81. The van der Waals surface area contributed by atoms with Crippen molar-refractivity contribution in [3.05, 3.63) is 35.4 Å². The topological polar surface area (TPSA) is 32.3 Å². The molecule has 3 atom stereocenters. The van der Waals surface area contributed by atoms with E-state index in [0.29, 0.717) is 6.04 Å². The van der Waals surface area contributed by atoms with Gasteiger partial charge in [0.05, 0.1) is 0 Å². The number of amides is 1. The van der Waals surface area contributed by atoms with Gasteiger partial charge in [0, 0.05) is 18.2 Å². The maximum absolute atomic E-state index is 12.5. The van der Waals surface area contributed by atoms with Crippen LogP contribution in [0.2, 0.25) is 0 Å². The van der Waals surface area contributed by atoms with Crippen molar-refractivity contribution in [1.82, 2.24) is 10.2 Å². The Morgan fingerprint density at radius 3 is 2.48 bits per heavy atom. The van der Waals surface area contributed by atoms with Gasteiger partial charge in [-0.05, 0) is 74.7 Å². The highest BCUT2D eigenvalue weighted by Crippen LogP contribution is 2.44. The normalized spacial score (nSPS) is 30.5. The van der Waals surface area contributed by atoms with Crippen molar-refractivity contribution >= 4 is 5.91 Å². The largest absolute Gasteiger partial charge is 0.349 e. The molecule has 3 nitrogen and oxygen atoms in total. The lowest BCUT2D eigenvalue weighted by Gasteiger charge is -2.26. The predicted octanol–water partition coefficient (Wildman–Crippen LogP) is 3.59. The van der Waals surface area contributed by atoms with Crippen molar-refractivity contribution in [3.8, 4) is 0 Å². The van der Waals surface area contributed by atoms with E-state index in [1.54, 1.807) is 0 Å². The number of carbonyl (C=O) groups is 1. The Bertz CT molecular complexity index is 547. The van der Waals surface area contributed by atoms with Crippen LogP contribution in [0.3, 0.4) is 0 Å². The van der Waals surface area contributed by atoms with E-state index in [1.165, 1.54) is 63.6 Å². The molecule has 3 fully saturated rings. The zero-order valence-corrected chi connectivity index (χ0v) is 14.0. The van der Waals surface area contributed by atoms with E-state index >= 15 is 0 Å². The second kappa shape index (κ2) is 6.64. The summed E-state index contributed by atoms with van der Waals surface area (Å²) < 4.78 is 0. The third-order valence-electron chi connectivity index (χ3n) is 6.13. The molecular weight excluding hydrogens is 284 g/mol. The molecule has 2 saturated carbocycles. The molecule has 1 aliphatic heterocycles. The molecule has 1 heterocycles. The van der Waals surface area contributed by atoms with Crippen molar-refractivity contribution in [1.29, 1.82) is 0 Å². The number of piperidine rings is 1. The molecule has 2 bridgehead atoms. The average Bonchev–Trinajstić information content (AvgIpc) is 3.19. The summed E-state index contributed by atoms with van der Waals surface area (Å²) in [5, 5.41) is 3.28. The minimum absolute atomic E-state index is 0.118. The third-order valence-corrected chi connectivity index (χ3v) is 6.13. The van der Waals surface area contributed by atoms with Crippen molar-refractivity contribution in [2.45, 2.75) is 57.5 Å². The Balaban J connectivity index is 1.33. The number of benzene rings is 1. The monoisotopic (exact) mass is 312 g/mol. The number of rotatable bonds is 4. The van der Waals surface area contributed by atoms with Crippen LogP contribution in [-0.4, -0.2) is 29.9 Å². The molecule has 1 saturated heterocycles. The SMILES string of the molecule is O=C(N[C@@H]1C[C@H]2CC[C@@H]1C2)c1ccc(CN2CCCCC2)cc1. The van der Waals surface area contributed by atoms with Crippen molar-refractivity contribution in [2.24, 2.45) is 11.8 Å². The van der Waals surface area contributed by atoms with Gasteiger partial charge < -0.3 is 5.32 Å². The van der Waals surface area contributed by atoms with E-state index in [0.717, 1.165) is 23.9 Å². The molecule has 3 heteroatoms. The smallest absolute Gasteiger partial charge is 0.251 e. The van der Waals surface area contributed by atoms with E-state index in [1.807, 2.05) is 12.1 Å². The first kappa shape index (κ1) is 15.2. The molecule has 1 amide bonds. The minimum atomic E-state index is 0.118. The van der Waals surface area contributed by atoms with Gasteiger partial charge in [-0.25, -0.2) is 0 Å². The third kappa shape index (κ3) is 3.45. The van der Waals surface area contributed by atoms with Gasteiger partial charge in [-0.2, -0.15) is 0 Å². The lowest BCUT2D eigenvalue weighted by atomic mass is 9.95. The van der Waals surface area contributed by atoms with Crippen LogP contribution in [0.5, 0.6) is 0 Å². The highest BCUT2D eigenvalue weighted by Gasteiger charge is 2.40. The summed E-state index contributed by atoms with van der Waals surface area (Å²) in [6.07, 6.45) is 9.24. The Hall–Kier alpha value is -1.35. The summed E-state index contributed by atoms with van der Waals surface area (Å²) in [7, 11) is 0. The summed E-state index contributed by atoms with van der Waals surface area (Å²) in [5.74, 6) is 1.73. The van der Waals surface area contributed by atoms with Gasteiger partial charge in [-0.3, -0.25) is 9.69 Å². The average molecular weight is 312 g/mol. The number of nitrogens with zero attached hydrogens (tertiary/aromatic N) is 1. The first-order valence-electron chi connectivity index (χ1n) is 9.40. The molecule has 0 unspecified atom stereocenters. The zero-order valence-electron chi connectivity index (χ0n) is 14.0. The first-order valence-corrected chi connectivity index (χ1v) is 9.40. The standard InChI is InChI=1S/C20H28N2O/c23-20(21-19-13-16-6-9-18(19)12-16)17-7-4-15(5-8-17)14-22-10-2-1-3-11-22/h4-5,7-8,16,18-19H,1-3,6,9-14H2,(H,21,23)/t16-,18+,19+/m0/s1. The number of fused-ring (bicyclic) bond motifs is 2. The van der Waals surface area contributed by atoms with Gasteiger partial charge in [-0.15, -0.1) is 0 Å².